The Bertz CT molecular complexity index is 569. The molecule has 2 aromatic rings. The summed E-state index contributed by atoms with van der Waals surface area (Å²) >= 11 is 5.89. The zero-order valence-corrected chi connectivity index (χ0v) is 9.76. The van der Waals surface area contributed by atoms with Gasteiger partial charge in [0.15, 0.2) is 5.22 Å². The number of rotatable bonds is 2. The maximum absolute atomic E-state index is 10.7. The van der Waals surface area contributed by atoms with E-state index >= 15 is 0 Å². The first-order chi connectivity index (χ1) is 7.49. The van der Waals surface area contributed by atoms with Crippen molar-refractivity contribution in [3.05, 3.63) is 34.0 Å². The minimum Gasteiger partial charge on any atom is -0.481 e. The largest absolute Gasteiger partial charge is 0.481 e. The molecule has 1 N–H and O–H groups in total. The second kappa shape index (κ2) is 3.83. The van der Waals surface area contributed by atoms with E-state index in [4.69, 9.17) is 21.1 Å². The fourth-order valence-electron chi connectivity index (χ4n) is 1.69. The summed E-state index contributed by atoms with van der Waals surface area (Å²) in [7, 11) is 0. The third-order valence-corrected chi connectivity index (χ3v) is 2.99. The summed E-state index contributed by atoms with van der Waals surface area (Å²) in [5, 5.41) is 9.75. The van der Waals surface area contributed by atoms with Crippen molar-refractivity contribution in [3.63, 3.8) is 0 Å². The smallest absolute Gasteiger partial charge is 0.308 e. The number of fused-ring (bicyclic) bond motifs is 1. The molecule has 0 spiro atoms. The van der Waals surface area contributed by atoms with Crippen molar-refractivity contribution in [3.8, 4) is 0 Å². The molecule has 0 aliphatic rings. The predicted octanol–water partition coefficient (Wildman–Crippen LogP) is 3.33. The molecule has 4 heteroatoms. The summed E-state index contributed by atoms with van der Waals surface area (Å²) in [6, 6.07) is 3.79. The molecule has 0 saturated heterocycles. The molecule has 1 aromatic carbocycles. The van der Waals surface area contributed by atoms with Gasteiger partial charge in [-0.15, -0.1) is 0 Å². The molecule has 0 radical (unpaired) electrons. The van der Waals surface area contributed by atoms with E-state index in [1.54, 1.807) is 0 Å². The lowest BCUT2D eigenvalue weighted by molar-refractivity contribution is -0.136. The van der Waals surface area contributed by atoms with E-state index in [1.807, 2.05) is 26.0 Å². The highest BCUT2D eigenvalue weighted by Crippen LogP contribution is 2.31. The molecule has 84 valence electrons. The van der Waals surface area contributed by atoms with Gasteiger partial charge in [-0.1, -0.05) is 0 Å². The lowest BCUT2D eigenvalue weighted by Gasteiger charge is -1.99. The molecule has 0 aliphatic carbocycles. The van der Waals surface area contributed by atoms with Crippen LogP contribution < -0.4 is 0 Å². The zero-order valence-electron chi connectivity index (χ0n) is 9.00. The molecule has 0 unspecified atom stereocenters. The normalized spacial score (nSPS) is 10.9. The number of hydrogen-bond donors (Lipinski definition) is 1. The van der Waals surface area contributed by atoms with Crippen LogP contribution in [0.15, 0.2) is 16.5 Å². The van der Waals surface area contributed by atoms with Crippen molar-refractivity contribution in [2.75, 3.05) is 0 Å². The van der Waals surface area contributed by atoms with Crippen LogP contribution in [0.25, 0.3) is 11.0 Å². The summed E-state index contributed by atoms with van der Waals surface area (Å²) < 4.78 is 5.34. The van der Waals surface area contributed by atoms with Crippen LogP contribution in [0.5, 0.6) is 0 Å². The summed E-state index contributed by atoms with van der Waals surface area (Å²) in [5.74, 6) is -0.914. The molecule has 1 heterocycles. The van der Waals surface area contributed by atoms with Crippen LogP contribution in [0.3, 0.4) is 0 Å². The quantitative estimate of drug-likeness (QED) is 0.873. The Kier molecular flexibility index (Phi) is 2.64. The minimum absolute atomic E-state index is 0.117. The molecule has 0 amide bonds. The Morgan fingerprint density at radius 1 is 1.38 bits per heavy atom. The minimum atomic E-state index is -0.914. The van der Waals surface area contributed by atoms with Crippen molar-refractivity contribution >= 4 is 28.5 Å². The monoisotopic (exact) mass is 238 g/mol. The van der Waals surface area contributed by atoms with Gasteiger partial charge in [-0.05, 0) is 48.7 Å². The molecule has 3 nitrogen and oxygen atoms in total. The van der Waals surface area contributed by atoms with Gasteiger partial charge in [0, 0.05) is 10.9 Å². The van der Waals surface area contributed by atoms with Gasteiger partial charge in [-0.25, -0.2) is 0 Å². The number of hydrogen-bond acceptors (Lipinski definition) is 2. The molecular weight excluding hydrogens is 228 g/mol. The molecule has 0 aliphatic heterocycles. The predicted molar refractivity (Wildman–Crippen MR) is 62.0 cm³/mol. The number of halogens is 1. The van der Waals surface area contributed by atoms with Crippen LogP contribution in [-0.2, 0) is 11.2 Å². The number of carboxylic acid groups (broad SMARTS) is 1. The van der Waals surface area contributed by atoms with Gasteiger partial charge >= 0.3 is 5.97 Å². The Morgan fingerprint density at radius 3 is 2.62 bits per heavy atom. The lowest BCUT2D eigenvalue weighted by atomic mass is 10.0. The second-order valence-electron chi connectivity index (χ2n) is 3.86. The summed E-state index contributed by atoms with van der Waals surface area (Å²) in [6.07, 6.45) is -0.117. The topological polar surface area (TPSA) is 50.4 Å². The average Bonchev–Trinajstić information content (AvgIpc) is 2.45. The van der Waals surface area contributed by atoms with Gasteiger partial charge in [0.05, 0.1) is 6.42 Å². The van der Waals surface area contributed by atoms with E-state index in [1.165, 1.54) is 0 Å². The molecule has 0 atom stereocenters. The van der Waals surface area contributed by atoms with Gasteiger partial charge in [0.1, 0.15) is 5.58 Å². The number of furan rings is 1. The van der Waals surface area contributed by atoms with Gasteiger partial charge < -0.3 is 9.52 Å². The summed E-state index contributed by atoms with van der Waals surface area (Å²) in [5.41, 5.74) is 3.38. The Balaban J connectivity index is 2.68. The molecule has 0 saturated carbocycles. The number of carbonyl (C=O) groups is 1. The molecule has 0 fully saturated rings. The highest BCUT2D eigenvalue weighted by atomic mass is 35.5. The van der Waals surface area contributed by atoms with E-state index in [0.717, 1.165) is 16.5 Å². The second-order valence-corrected chi connectivity index (χ2v) is 4.20. The van der Waals surface area contributed by atoms with Crippen LogP contribution in [0.2, 0.25) is 5.22 Å². The van der Waals surface area contributed by atoms with Gasteiger partial charge in [-0.3, -0.25) is 4.79 Å². The average molecular weight is 239 g/mol. The van der Waals surface area contributed by atoms with Crippen LogP contribution in [0.1, 0.15) is 16.7 Å². The van der Waals surface area contributed by atoms with Crippen LogP contribution in [-0.4, -0.2) is 11.1 Å². The highest BCUT2D eigenvalue weighted by molar-refractivity contribution is 6.31. The van der Waals surface area contributed by atoms with Crippen molar-refractivity contribution < 1.29 is 14.3 Å². The van der Waals surface area contributed by atoms with E-state index in [-0.39, 0.29) is 11.6 Å². The van der Waals surface area contributed by atoms with Gasteiger partial charge in [0.25, 0.3) is 0 Å². The van der Waals surface area contributed by atoms with Crippen LogP contribution in [0.4, 0.5) is 0 Å². The maximum Gasteiger partial charge on any atom is 0.308 e. The number of carboxylic acids is 1. The molecule has 2 rings (SSSR count). The van der Waals surface area contributed by atoms with Crippen LogP contribution in [0, 0.1) is 13.8 Å². The Morgan fingerprint density at radius 2 is 2.00 bits per heavy atom. The van der Waals surface area contributed by atoms with Crippen molar-refractivity contribution in [2.45, 2.75) is 20.3 Å². The molecule has 16 heavy (non-hydrogen) atoms. The summed E-state index contributed by atoms with van der Waals surface area (Å²) in [6.45, 7) is 3.95. The maximum atomic E-state index is 10.7. The Hall–Kier alpha value is -1.48. The SMILES string of the molecule is Cc1cc2oc(Cl)c(CC(=O)O)c2cc1C. The standard InChI is InChI=1S/C12H11ClO3/c1-6-3-8-9(5-11(14)15)12(13)16-10(8)4-7(6)2/h3-4H,5H2,1-2H3,(H,14,15). The number of benzene rings is 1. The van der Waals surface area contributed by atoms with Crippen molar-refractivity contribution in [2.24, 2.45) is 0 Å². The third-order valence-electron chi connectivity index (χ3n) is 2.69. The van der Waals surface area contributed by atoms with E-state index < -0.39 is 5.97 Å². The van der Waals surface area contributed by atoms with Gasteiger partial charge in [-0.2, -0.15) is 0 Å². The van der Waals surface area contributed by atoms with Crippen molar-refractivity contribution in [1.82, 2.24) is 0 Å². The first-order valence-electron chi connectivity index (χ1n) is 4.89. The first-order valence-corrected chi connectivity index (χ1v) is 5.26. The van der Waals surface area contributed by atoms with E-state index in [9.17, 15) is 4.79 Å². The fourth-order valence-corrected chi connectivity index (χ4v) is 1.94. The first kappa shape index (κ1) is 11.0. The lowest BCUT2D eigenvalue weighted by Crippen LogP contribution is -1.99. The molecular formula is C12H11ClO3. The fraction of sp³-hybridized carbons (Fsp3) is 0.250. The molecule has 0 bridgehead atoms. The number of aryl methyl sites for hydroxylation is 2. The summed E-state index contributed by atoms with van der Waals surface area (Å²) in [4.78, 5) is 10.7. The third kappa shape index (κ3) is 1.78. The van der Waals surface area contributed by atoms with Crippen molar-refractivity contribution in [1.29, 1.82) is 0 Å². The van der Waals surface area contributed by atoms with E-state index in [2.05, 4.69) is 0 Å². The van der Waals surface area contributed by atoms with Crippen LogP contribution >= 0.6 is 11.6 Å². The van der Waals surface area contributed by atoms with E-state index in [0.29, 0.717) is 11.1 Å². The van der Waals surface area contributed by atoms with Gasteiger partial charge in [0.2, 0.25) is 0 Å². The zero-order chi connectivity index (χ0) is 11.9. The molecule has 1 aromatic heterocycles. The highest BCUT2D eigenvalue weighted by Gasteiger charge is 2.16. The number of aliphatic carboxylic acids is 1. The Labute approximate surface area is 97.6 Å².